The van der Waals surface area contributed by atoms with Crippen LogP contribution in [-0.4, -0.2) is 33.2 Å². The number of aryl methyl sites for hydroxylation is 2. The number of hydrogen-bond donors (Lipinski definition) is 1. The molecule has 0 bridgehead atoms. The number of pyridine rings is 1. The van der Waals surface area contributed by atoms with Crippen molar-refractivity contribution in [3.05, 3.63) is 59.5 Å². The summed E-state index contributed by atoms with van der Waals surface area (Å²) in [7, 11) is 0. The van der Waals surface area contributed by atoms with E-state index in [-0.39, 0.29) is 6.61 Å². The van der Waals surface area contributed by atoms with E-state index in [9.17, 15) is 5.11 Å². The third-order valence-electron chi connectivity index (χ3n) is 4.56. The monoisotopic (exact) mass is 364 g/mol. The van der Waals surface area contributed by atoms with Crippen LogP contribution in [0.4, 0.5) is 5.82 Å². The maximum Gasteiger partial charge on any atom is 0.150 e. The molecule has 1 aromatic carbocycles. The van der Waals surface area contributed by atoms with Gasteiger partial charge in [0.1, 0.15) is 11.2 Å². The Bertz CT molecular complexity index is 1060. The first-order chi connectivity index (χ1) is 12.7. The number of aromatic nitrogens is 3. The molecule has 0 fully saturated rings. The van der Waals surface area contributed by atoms with E-state index in [4.69, 9.17) is 4.98 Å². The number of anilines is 1. The molecule has 0 spiro atoms. The van der Waals surface area contributed by atoms with Gasteiger partial charge in [0, 0.05) is 24.2 Å². The summed E-state index contributed by atoms with van der Waals surface area (Å²) in [6, 6.07) is 12.4. The van der Waals surface area contributed by atoms with Gasteiger partial charge in [0.05, 0.1) is 16.8 Å². The molecule has 0 amide bonds. The van der Waals surface area contributed by atoms with Crippen molar-refractivity contribution in [2.24, 2.45) is 0 Å². The molecule has 4 rings (SSSR count). The first-order valence-electron chi connectivity index (χ1n) is 8.58. The van der Waals surface area contributed by atoms with Crippen LogP contribution < -0.4 is 4.90 Å². The van der Waals surface area contributed by atoms with Gasteiger partial charge in [0.25, 0.3) is 0 Å². The quantitative estimate of drug-likeness (QED) is 0.583. The maximum absolute atomic E-state index is 9.57. The van der Waals surface area contributed by atoms with E-state index in [0.29, 0.717) is 13.1 Å². The largest absolute Gasteiger partial charge is 0.395 e. The fourth-order valence-corrected chi connectivity index (χ4v) is 4.26. The molecule has 0 aliphatic carbocycles. The van der Waals surface area contributed by atoms with E-state index in [1.165, 1.54) is 5.56 Å². The van der Waals surface area contributed by atoms with E-state index < -0.39 is 0 Å². The molecule has 0 unspecified atom stereocenters. The van der Waals surface area contributed by atoms with Crippen LogP contribution in [0.2, 0.25) is 0 Å². The number of hydrogen-bond acceptors (Lipinski definition) is 6. The zero-order chi connectivity index (χ0) is 18.1. The molecule has 6 heteroatoms. The molecule has 26 heavy (non-hydrogen) atoms. The number of benzene rings is 1. The summed E-state index contributed by atoms with van der Waals surface area (Å²) in [5.74, 6) is 0.853. The van der Waals surface area contributed by atoms with Gasteiger partial charge >= 0.3 is 0 Å². The van der Waals surface area contributed by atoms with Crippen molar-refractivity contribution >= 4 is 37.6 Å². The van der Waals surface area contributed by atoms with Crippen molar-refractivity contribution in [1.82, 2.24) is 15.0 Å². The lowest BCUT2D eigenvalue weighted by atomic mass is 10.2. The molecular formula is C20H20N4OS. The zero-order valence-corrected chi connectivity index (χ0v) is 15.6. The summed E-state index contributed by atoms with van der Waals surface area (Å²) < 4.78 is 1.02. The van der Waals surface area contributed by atoms with Crippen LogP contribution in [0.1, 0.15) is 16.8 Å². The Balaban J connectivity index is 1.85. The highest BCUT2D eigenvalue weighted by atomic mass is 32.1. The van der Waals surface area contributed by atoms with Crippen molar-refractivity contribution < 1.29 is 5.11 Å². The minimum Gasteiger partial charge on any atom is -0.395 e. The molecule has 1 N–H and O–H groups in total. The molecule has 0 radical (unpaired) electrons. The van der Waals surface area contributed by atoms with E-state index in [2.05, 4.69) is 40.0 Å². The Labute approximate surface area is 156 Å². The predicted molar refractivity (Wildman–Crippen MR) is 107 cm³/mol. The van der Waals surface area contributed by atoms with Crippen molar-refractivity contribution in [1.29, 1.82) is 0 Å². The Kier molecular flexibility index (Phi) is 4.53. The van der Waals surface area contributed by atoms with Gasteiger partial charge in [-0.05, 0) is 31.0 Å². The molecule has 3 heterocycles. The molecule has 0 atom stereocenters. The summed E-state index contributed by atoms with van der Waals surface area (Å²) in [6.07, 6.45) is 1.61. The molecule has 5 nitrogen and oxygen atoms in total. The second-order valence-electron chi connectivity index (χ2n) is 6.35. The van der Waals surface area contributed by atoms with Gasteiger partial charge in [-0.2, -0.15) is 0 Å². The highest BCUT2D eigenvalue weighted by Gasteiger charge is 2.18. The molecule has 0 aliphatic rings. The van der Waals surface area contributed by atoms with Gasteiger partial charge < -0.3 is 10.0 Å². The van der Waals surface area contributed by atoms with Gasteiger partial charge in [0.15, 0.2) is 5.82 Å². The summed E-state index contributed by atoms with van der Waals surface area (Å²) in [5.41, 5.74) is 4.31. The molecule has 132 valence electrons. The average Bonchev–Trinajstić information content (AvgIpc) is 3.00. The first kappa shape index (κ1) is 16.9. The maximum atomic E-state index is 9.57. The lowest BCUT2D eigenvalue weighted by molar-refractivity contribution is 0.301. The zero-order valence-electron chi connectivity index (χ0n) is 14.8. The molecular weight excluding hydrogens is 344 g/mol. The van der Waals surface area contributed by atoms with Gasteiger partial charge in [-0.15, -0.1) is 11.3 Å². The predicted octanol–water partition coefficient (Wildman–Crippen LogP) is 3.86. The minimum atomic E-state index is 0.0691. The Hall–Kier alpha value is -2.57. The Morgan fingerprint density at radius 2 is 1.92 bits per heavy atom. The number of fused-ring (bicyclic) bond motifs is 3. The van der Waals surface area contributed by atoms with Gasteiger partial charge in [-0.3, -0.25) is 0 Å². The van der Waals surface area contributed by atoms with E-state index in [1.54, 1.807) is 17.7 Å². The lowest BCUT2D eigenvalue weighted by Crippen LogP contribution is -2.27. The first-order valence-corrected chi connectivity index (χ1v) is 9.40. The molecule has 4 aromatic rings. The molecule has 0 saturated carbocycles. The third-order valence-corrected chi connectivity index (χ3v) is 5.64. The lowest BCUT2D eigenvalue weighted by Gasteiger charge is -2.23. The number of rotatable bonds is 5. The van der Waals surface area contributed by atoms with E-state index >= 15 is 0 Å². The Morgan fingerprint density at radius 3 is 2.69 bits per heavy atom. The summed E-state index contributed by atoms with van der Waals surface area (Å²) in [5, 5.41) is 10.6. The van der Waals surface area contributed by atoms with Crippen LogP contribution in [0.5, 0.6) is 0 Å². The fourth-order valence-electron chi connectivity index (χ4n) is 3.09. The van der Waals surface area contributed by atoms with Crippen LogP contribution in [0.25, 0.3) is 20.4 Å². The average molecular weight is 364 g/mol. The summed E-state index contributed by atoms with van der Waals surface area (Å²) >= 11 is 1.62. The van der Waals surface area contributed by atoms with Gasteiger partial charge in [-0.1, -0.05) is 30.3 Å². The van der Waals surface area contributed by atoms with Crippen molar-refractivity contribution in [2.75, 3.05) is 18.1 Å². The minimum absolute atomic E-state index is 0.0691. The standard InChI is InChI=1S/C20H20N4OS/c1-13-10-16-17-18(26-20(16)23-14(13)2)19(22-12-21-17)24(8-9-25)11-15-6-4-3-5-7-15/h3-7,10,12,25H,8-9,11H2,1-2H3. The van der Waals surface area contributed by atoms with Crippen LogP contribution in [0.3, 0.4) is 0 Å². The number of nitrogens with zero attached hydrogens (tertiary/aromatic N) is 4. The van der Waals surface area contributed by atoms with E-state index in [0.717, 1.165) is 37.5 Å². The molecule has 3 aromatic heterocycles. The number of aliphatic hydroxyl groups is 1. The van der Waals surface area contributed by atoms with Gasteiger partial charge in [-0.25, -0.2) is 15.0 Å². The SMILES string of the molecule is Cc1cc2c(nc1C)sc1c(N(CCO)Cc3ccccc3)ncnc12. The van der Waals surface area contributed by atoms with Crippen LogP contribution in [0.15, 0.2) is 42.7 Å². The molecule has 0 saturated heterocycles. The van der Waals surface area contributed by atoms with Gasteiger partial charge in [0.2, 0.25) is 0 Å². The van der Waals surface area contributed by atoms with Crippen molar-refractivity contribution in [3.63, 3.8) is 0 Å². The van der Waals surface area contributed by atoms with Crippen molar-refractivity contribution in [3.8, 4) is 0 Å². The highest BCUT2D eigenvalue weighted by Crippen LogP contribution is 2.37. The topological polar surface area (TPSA) is 62.1 Å². The highest BCUT2D eigenvalue weighted by molar-refractivity contribution is 7.25. The fraction of sp³-hybridized carbons (Fsp3) is 0.250. The van der Waals surface area contributed by atoms with E-state index in [1.807, 2.05) is 25.1 Å². The number of thiophene rings is 1. The van der Waals surface area contributed by atoms with Crippen LogP contribution >= 0.6 is 11.3 Å². The van der Waals surface area contributed by atoms with Crippen LogP contribution in [-0.2, 0) is 6.54 Å². The second-order valence-corrected chi connectivity index (χ2v) is 7.35. The summed E-state index contributed by atoms with van der Waals surface area (Å²) in [4.78, 5) is 16.9. The Morgan fingerprint density at radius 1 is 1.12 bits per heavy atom. The smallest absolute Gasteiger partial charge is 0.150 e. The van der Waals surface area contributed by atoms with Crippen molar-refractivity contribution in [2.45, 2.75) is 20.4 Å². The van der Waals surface area contributed by atoms with Crippen LogP contribution in [0, 0.1) is 13.8 Å². The molecule has 0 aliphatic heterocycles. The normalized spacial score (nSPS) is 11.3. The summed E-state index contributed by atoms with van der Waals surface area (Å²) in [6.45, 7) is 5.37. The second kappa shape index (κ2) is 6.97. The third kappa shape index (κ3) is 3.02. The number of aliphatic hydroxyl groups excluding tert-OH is 1.